The van der Waals surface area contributed by atoms with E-state index in [9.17, 15) is 0 Å². The van der Waals surface area contributed by atoms with Gasteiger partial charge in [0.2, 0.25) is 0 Å². The molecule has 0 aliphatic rings. The molecular weight excluding hydrogens is 224 g/mol. The van der Waals surface area contributed by atoms with Gasteiger partial charge in [-0.3, -0.25) is 0 Å². The third-order valence-electron chi connectivity index (χ3n) is 3.55. The minimum Gasteiger partial charge on any atom is -0.384 e. The Labute approximate surface area is 110 Å². The highest BCUT2D eigenvalue weighted by Gasteiger charge is 2.22. The van der Waals surface area contributed by atoms with Crippen LogP contribution in [0, 0.1) is 11.3 Å². The summed E-state index contributed by atoms with van der Waals surface area (Å²) >= 11 is 0. The van der Waals surface area contributed by atoms with Crippen LogP contribution >= 0.6 is 0 Å². The zero-order chi connectivity index (χ0) is 13.8. The predicted molar refractivity (Wildman–Crippen MR) is 77.5 cm³/mol. The second-order valence-corrected chi connectivity index (χ2v) is 5.84. The average Bonchev–Trinajstić information content (AvgIpc) is 2.26. The Hall–Kier alpha value is -1.32. The predicted octanol–water partition coefficient (Wildman–Crippen LogP) is 3.11. The van der Waals surface area contributed by atoms with Crippen molar-refractivity contribution < 1.29 is 0 Å². The van der Waals surface area contributed by atoms with E-state index in [-0.39, 0.29) is 5.41 Å². The molecule has 0 amide bonds. The van der Waals surface area contributed by atoms with E-state index in [4.69, 9.17) is 5.73 Å². The standard InChI is InChI=1S/C14H26N4/c1-6-7-12-17-11(15)8-13(18-12)16-9-14(4,5)10(2)3/h8,10H,6-7,9H2,1-5H3,(H3,15,16,17,18). The number of hydrogen-bond donors (Lipinski definition) is 2. The fourth-order valence-electron chi connectivity index (χ4n) is 1.47. The molecule has 4 nitrogen and oxygen atoms in total. The van der Waals surface area contributed by atoms with Crippen LogP contribution in [-0.4, -0.2) is 16.5 Å². The summed E-state index contributed by atoms with van der Waals surface area (Å²) in [6, 6.07) is 1.80. The van der Waals surface area contributed by atoms with Gasteiger partial charge in [0.25, 0.3) is 0 Å². The minimum atomic E-state index is 0.227. The van der Waals surface area contributed by atoms with Crippen LogP contribution < -0.4 is 11.1 Å². The number of hydrogen-bond acceptors (Lipinski definition) is 4. The zero-order valence-electron chi connectivity index (χ0n) is 12.2. The molecule has 1 heterocycles. The number of nitrogens with one attached hydrogen (secondary N) is 1. The third-order valence-corrected chi connectivity index (χ3v) is 3.55. The van der Waals surface area contributed by atoms with E-state index in [0.717, 1.165) is 31.0 Å². The maximum absolute atomic E-state index is 5.80. The summed E-state index contributed by atoms with van der Waals surface area (Å²) in [5.41, 5.74) is 6.02. The topological polar surface area (TPSA) is 63.8 Å². The number of anilines is 2. The SMILES string of the molecule is CCCc1nc(N)cc(NCC(C)(C)C(C)C)n1. The molecular formula is C14H26N4. The van der Waals surface area contributed by atoms with E-state index < -0.39 is 0 Å². The van der Waals surface area contributed by atoms with Gasteiger partial charge in [0.05, 0.1) is 0 Å². The van der Waals surface area contributed by atoms with Crippen molar-refractivity contribution in [1.82, 2.24) is 9.97 Å². The molecule has 0 aliphatic heterocycles. The Morgan fingerprint density at radius 1 is 1.33 bits per heavy atom. The number of nitrogens with zero attached hydrogens (tertiary/aromatic N) is 2. The molecule has 1 aromatic rings. The van der Waals surface area contributed by atoms with Crippen LogP contribution in [0.4, 0.5) is 11.6 Å². The van der Waals surface area contributed by atoms with Gasteiger partial charge in [-0.05, 0) is 17.8 Å². The summed E-state index contributed by atoms with van der Waals surface area (Å²) in [4.78, 5) is 8.71. The van der Waals surface area contributed by atoms with Crippen LogP contribution in [0.5, 0.6) is 0 Å². The number of nitrogens with two attached hydrogens (primary N) is 1. The number of aryl methyl sites for hydroxylation is 1. The Kier molecular flexibility index (Phi) is 4.93. The summed E-state index contributed by atoms with van der Waals surface area (Å²) < 4.78 is 0. The Morgan fingerprint density at radius 2 is 2.00 bits per heavy atom. The largest absolute Gasteiger partial charge is 0.384 e. The van der Waals surface area contributed by atoms with Gasteiger partial charge in [0, 0.05) is 19.0 Å². The van der Waals surface area contributed by atoms with Crippen molar-refractivity contribution in [2.24, 2.45) is 11.3 Å². The van der Waals surface area contributed by atoms with Crippen LogP contribution in [-0.2, 0) is 6.42 Å². The van der Waals surface area contributed by atoms with Gasteiger partial charge in [-0.15, -0.1) is 0 Å². The highest BCUT2D eigenvalue weighted by atomic mass is 15.1. The second kappa shape index (κ2) is 6.03. The molecule has 1 rings (SSSR count). The van der Waals surface area contributed by atoms with Crippen molar-refractivity contribution in [2.45, 2.75) is 47.5 Å². The summed E-state index contributed by atoms with van der Waals surface area (Å²) in [7, 11) is 0. The summed E-state index contributed by atoms with van der Waals surface area (Å²) in [5, 5.41) is 3.37. The molecule has 0 spiro atoms. The lowest BCUT2D eigenvalue weighted by molar-refractivity contribution is 0.269. The lowest BCUT2D eigenvalue weighted by Crippen LogP contribution is -2.29. The number of nitrogen functional groups attached to an aromatic ring is 1. The second-order valence-electron chi connectivity index (χ2n) is 5.84. The van der Waals surface area contributed by atoms with Gasteiger partial charge >= 0.3 is 0 Å². The number of aromatic nitrogens is 2. The molecule has 0 atom stereocenters. The first-order valence-electron chi connectivity index (χ1n) is 6.72. The Bertz CT molecular complexity index is 385. The van der Waals surface area contributed by atoms with Crippen LogP contribution in [0.2, 0.25) is 0 Å². The van der Waals surface area contributed by atoms with E-state index in [0.29, 0.717) is 11.7 Å². The molecule has 3 N–H and O–H groups in total. The van der Waals surface area contributed by atoms with Crippen molar-refractivity contribution in [1.29, 1.82) is 0 Å². The van der Waals surface area contributed by atoms with E-state index in [1.165, 1.54) is 0 Å². The lowest BCUT2D eigenvalue weighted by Gasteiger charge is -2.29. The van der Waals surface area contributed by atoms with Gasteiger partial charge in [-0.2, -0.15) is 0 Å². The molecule has 0 radical (unpaired) electrons. The molecule has 0 aromatic carbocycles. The molecule has 0 saturated heterocycles. The van der Waals surface area contributed by atoms with Crippen molar-refractivity contribution >= 4 is 11.6 Å². The molecule has 0 fully saturated rings. The van der Waals surface area contributed by atoms with E-state index in [1.807, 2.05) is 0 Å². The summed E-state index contributed by atoms with van der Waals surface area (Å²) in [6.07, 6.45) is 1.90. The monoisotopic (exact) mass is 250 g/mol. The van der Waals surface area contributed by atoms with E-state index >= 15 is 0 Å². The average molecular weight is 250 g/mol. The van der Waals surface area contributed by atoms with Crippen LogP contribution in [0.1, 0.15) is 46.9 Å². The van der Waals surface area contributed by atoms with E-state index in [2.05, 4.69) is 49.9 Å². The molecule has 0 aliphatic carbocycles. The van der Waals surface area contributed by atoms with Crippen LogP contribution in [0.25, 0.3) is 0 Å². The highest BCUT2D eigenvalue weighted by molar-refractivity contribution is 5.44. The minimum absolute atomic E-state index is 0.227. The Balaban J connectivity index is 2.73. The maximum atomic E-state index is 5.80. The van der Waals surface area contributed by atoms with Gasteiger partial charge in [0.1, 0.15) is 17.5 Å². The van der Waals surface area contributed by atoms with Crippen LogP contribution in [0.3, 0.4) is 0 Å². The van der Waals surface area contributed by atoms with Gasteiger partial charge in [0.15, 0.2) is 0 Å². The first-order chi connectivity index (χ1) is 8.35. The molecule has 0 bridgehead atoms. The van der Waals surface area contributed by atoms with Crippen molar-refractivity contribution in [3.05, 3.63) is 11.9 Å². The first-order valence-corrected chi connectivity index (χ1v) is 6.72. The molecule has 4 heteroatoms. The molecule has 0 unspecified atom stereocenters. The zero-order valence-corrected chi connectivity index (χ0v) is 12.2. The fourth-order valence-corrected chi connectivity index (χ4v) is 1.47. The molecule has 102 valence electrons. The maximum Gasteiger partial charge on any atom is 0.133 e. The molecule has 0 saturated carbocycles. The lowest BCUT2D eigenvalue weighted by atomic mass is 9.81. The number of rotatable bonds is 6. The van der Waals surface area contributed by atoms with Crippen molar-refractivity contribution in [2.75, 3.05) is 17.6 Å². The van der Waals surface area contributed by atoms with Gasteiger partial charge in [-0.1, -0.05) is 34.6 Å². The summed E-state index contributed by atoms with van der Waals surface area (Å²) in [5.74, 6) is 2.81. The molecule has 1 aromatic heterocycles. The molecule has 18 heavy (non-hydrogen) atoms. The Morgan fingerprint density at radius 3 is 2.56 bits per heavy atom. The quantitative estimate of drug-likeness (QED) is 0.814. The fraction of sp³-hybridized carbons (Fsp3) is 0.714. The van der Waals surface area contributed by atoms with Crippen LogP contribution in [0.15, 0.2) is 6.07 Å². The van der Waals surface area contributed by atoms with Gasteiger partial charge in [-0.25, -0.2) is 9.97 Å². The smallest absolute Gasteiger partial charge is 0.133 e. The van der Waals surface area contributed by atoms with E-state index in [1.54, 1.807) is 6.07 Å². The summed E-state index contributed by atoms with van der Waals surface area (Å²) in [6.45, 7) is 12.0. The van der Waals surface area contributed by atoms with Gasteiger partial charge < -0.3 is 11.1 Å². The third kappa shape index (κ3) is 4.17. The normalized spacial score (nSPS) is 11.9. The first kappa shape index (κ1) is 14.7. The van der Waals surface area contributed by atoms with Crippen molar-refractivity contribution in [3.8, 4) is 0 Å². The highest BCUT2D eigenvalue weighted by Crippen LogP contribution is 2.26. The van der Waals surface area contributed by atoms with Crippen molar-refractivity contribution in [3.63, 3.8) is 0 Å².